The zero-order valence-corrected chi connectivity index (χ0v) is 10.0. The molecule has 0 aliphatic carbocycles. The number of nitrogens with zero attached hydrogens (tertiary/aromatic N) is 3. The fourth-order valence-electron chi connectivity index (χ4n) is 1.96. The van der Waals surface area contributed by atoms with Gasteiger partial charge in [0.15, 0.2) is 0 Å². The van der Waals surface area contributed by atoms with Crippen LogP contribution in [0.5, 0.6) is 0 Å². The first-order valence-electron chi connectivity index (χ1n) is 5.79. The molecule has 3 rings (SSSR count). The summed E-state index contributed by atoms with van der Waals surface area (Å²) >= 11 is 0. The standard InChI is InChI=1S/C12H14N4O2/c1-15-12(16-4-2-3-5-16)10(6-13-15)11(17)14-9-7-18-8-9/h2-6,9H,7-8H2,1H3,(H,14,17). The molecular formula is C12H14N4O2. The Bertz CT molecular complexity index is 555. The van der Waals surface area contributed by atoms with E-state index in [1.807, 2.05) is 36.1 Å². The molecule has 94 valence electrons. The van der Waals surface area contributed by atoms with Gasteiger partial charge in [0.25, 0.3) is 5.91 Å². The van der Waals surface area contributed by atoms with Crippen LogP contribution < -0.4 is 5.32 Å². The van der Waals surface area contributed by atoms with Crippen LogP contribution in [-0.2, 0) is 11.8 Å². The van der Waals surface area contributed by atoms with Crippen LogP contribution in [0.2, 0.25) is 0 Å². The largest absolute Gasteiger partial charge is 0.377 e. The summed E-state index contributed by atoms with van der Waals surface area (Å²) in [7, 11) is 1.82. The third kappa shape index (κ3) is 1.80. The Labute approximate surface area is 104 Å². The van der Waals surface area contributed by atoms with E-state index in [-0.39, 0.29) is 11.9 Å². The molecule has 18 heavy (non-hydrogen) atoms. The van der Waals surface area contributed by atoms with Gasteiger partial charge in [-0.15, -0.1) is 0 Å². The number of ether oxygens (including phenoxy) is 1. The Kier molecular flexibility index (Phi) is 2.64. The van der Waals surface area contributed by atoms with Crippen LogP contribution in [0.15, 0.2) is 30.7 Å². The fraction of sp³-hybridized carbons (Fsp3) is 0.333. The van der Waals surface area contributed by atoms with Crippen molar-refractivity contribution in [3.63, 3.8) is 0 Å². The number of rotatable bonds is 3. The molecule has 0 atom stereocenters. The van der Waals surface area contributed by atoms with E-state index in [0.29, 0.717) is 18.8 Å². The smallest absolute Gasteiger partial charge is 0.257 e. The van der Waals surface area contributed by atoms with Crippen LogP contribution in [0.3, 0.4) is 0 Å². The van der Waals surface area contributed by atoms with Gasteiger partial charge in [-0.2, -0.15) is 5.10 Å². The maximum atomic E-state index is 12.1. The molecule has 0 unspecified atom stereocenters. The summed E-state index contributed by atoms with van der Waals surface area (Å²) in [5, 5.41) is 7.07. The number of hydrogen-bond acceptors (Lipinski definition) is 3. The van der Waals surface area contributed by atoms with E-state index in [4.69, 9.17) is 4.74 Å². The highest BCUT2D eigenvalue weighted by atomic mass is 16.5. The minimum Gasteiger partial charge on any atom is -0.377 e. The van der Waals surface area contributed by atoms with Crippen LogP contribution in [-0.4, -0.2) is 39.5 Å². The van der Waals surface area contributed by atoms with Crippen molar-refractivity contribution in [2.75, 3.05) is 13.2 Å². The monoisotopic (exact) mass is 246 g/mol. The Morgan fingerprint density at radius 1 is 1.44 bits per heavy atom. The number of aryl methyl sites for hydroxylation is 1. The number of carbonyl (C=O) groups excluding carboxylic acids is 1. The molecule has 2 aromatic rings. The van der Waals surface area contributed by atoms with E-state index >= 15 is 0 Å². The second-order valence-electron chi connectivity index (χ2n) is 4.30. The van der Waals surface area contributed by atoms with Gasteiger partial charge in [-0.3, -0.25) is 9.48 Å². The minimum absolute atomic E-state index is 0.111. The van der Waals surface area contributed by atoms with Gasteiger partial charge >= 0.3 is 0 Å². The van der Waals surface area contributed by atoms with Crippen LogP contribution in [0, 0.1) is 0 Å². The van der Waals surface area contributed by atoms with E-state index in [1.165, 1.54) is 0 Å². The second kappa shape index (κ2) is 4.30. The molecule has 3 heterocycles. The summed E-state index contributed by atoms with van der Waals surface area (Å²) in [6.45, 7) is 1.18. The highest BCUT2D eigenvalue weighted by molar-refractivity contribution is 5.97. The van der Waals surface area contributed by atoms with Crippen LogP contribution in [0.4, 0.5) is 0 Å². The average molecular weight is 246 g/mol. The first kappa shape index (κ1) is 11.0. The molecule has 2 aromatic heterocycles. The van der Waals surface area contributed by atoms with Crippen molar-refractivity contribution in [3.05, 3.63) is 36.3 Å². The Balaban J connectivity index is 1.90. The van der Waals surface area contributed by atoms with Crippen molar-refractivity contribution in [1.29, 1.82) is 0 Å². The van der Waals surface area contributed by atoms with E-state index in [0.717, 1.165) is 5.82 Å². The van der Waals surface area contributed by atoms with E-state index < -0.39 is 0 Å². The summed E-state index contributed by atoms with van der Waals surface area (Å²) in [6, 6.07) is 3.94. The summed E-state index contributed by atoms with van der Waals surface area (Å²) in [5.41, 5.74) is 0.570. The Morgan fingerprint density at radius 2 is 2.17 bits per heavy atom. The van der Waals surface area contributed by atoms with Crippen molar-refractivity contribution in [2.24, 2.45) is 7.05 Å². The topological polar surface area (TPSA) is 61.1 Å². The van der Waals surface area contributed by atoms with E-state index in [2.05, 4.69) is 10.4 Å². The van der Waals surface area contributed by atoms with Gasteiger partial charge in [-0.1, -0.05) is 0 Å². The third-order valence-electron chi connectivity index (χ3n) is 2.97. The molecule has 1 amide bonds. The molecule has 1 N–H and O–H groups in total. The SMILES string of the molecule is Cn1ncc(C(=O)NC2COC2)c1-n1cccc1. The molecule has 0 bridgehead atoms. The van der Waals surface area contributed by atoms with Crippen molar-refractivity contribution in [2.45, 2.75) is 6.04 Å². The number of nitrogens with one attached hydrogen (secondary N) is 1. The molecule has 0 spiro atoms. The summed E-state index contributed by atoms with van der Waals surface area (Å²) in [5.74, 6) is 0.651. The minimum atomic E-state index is -0.111. The van der Waals surface area contributed by atoms with Gasteiger partial charge in [0.1, 0.15) is 11.4 Å². The fourth-order valence-corrected chi connectivity index (χ4v) is 1.96. The first-order valence-corrected chi connectivity index (χ1v) is 5.79. The molecule has 1 aliphatic heterocycles. The number of aromatic nitrogens is 3. The molecule has 6 heteroatoms. The predicted octanol–water partition coefficient (Wildman–Crippen LogP) is 0.339. The quantitative estimate of drug-likeness (QED) is 0.849. The molecule has 1 aliphatic rings. The Morgan fingerprint density at radius 3 is 2.78 bits per heavy atom. The summed E-state index contributed by atoms with van der Waals surface area (Å²) < 4.78 is 8.60. The predicted molar refractivity (Wildman–Crippen MR) is 64.6 cm³/mol. The lowest BCUT2D eigenvalue weighted by Crippen LogP contribution is -2.48. The van der Waals surface area contributed by atoms with Gasteiger partial charge < -0.3 is 14.6 Å². The van der Waals surface area contributed by atoms with Crippen molar-refractivity contribution < 1.29 is 9.53 Å². The highest BCUT2D eigenvalue weighted by Crippen LogP contribution is 2.14. The third-order valence-corrected chi connectivity index (χ3v) is 2.97. The lowest BCUT2D eigenvalue weighted by atomic mass is 10.2. The highest BCUT2D eigenvalue weighted by Gasteiger charge is 2.24. The summed E-state index contributed by atoms with van der Waals surface area (Å²) in [4.78, 5) is 12.1. The summed E-state index contributed by atoms with van der Waals surface area (Å²) in [6.07, 6.45) is 5.37. The molecule has 1 saturated heterocycles. The van der Waals surface area contributed by atoms with Gasteiger partial charge in [-0.25, -0.2) is 0 Å². The average Bonchev–Trinajstić information content (AvgIpc) is 2.91. The molecule has 6 nitrogen and oxygen atoms in total. The molecular weight excluding hydrogens is 232 g/mol. The molecule has 0 radical (unpaired) electrons. The molecule has 0 saturated carbocycles. The van der Waals surface area contributed by atoms with Gasteiger partial charge in [-0.05, 0) is 12.1 Å². The van der Waals surface area contributed by atoms with E-state index in [1.54, 1.807) is 10.9 Å². The van der Waals surface area contributed by atoms with Gasteiger partial charge in [0, 0.05) is 19.4 Å². The Hall–Kier alpha value is -2.08. The number of hydrogen-bond donors (Lipinski definition) is 1. The normalized spacial score (nSPS) is 15.4. The zero-order valence-electron chi connectivity index (χ0n) is 10.0. The first-order chi connectivity index (χ1) is 8.75. The van der Waals surface area contributed by atoms with Crippen molar-refractivity contribution >= 4 is 5.91 Å². The van der Waals surface area contributed by atoms with Crippen molar-refractivity contribution in [3.8, 4) is 5.82 Å². The second-order valence-corrected chi connectivity index (χ2v) is 4.30. The van der Waals surface area contributed by atoms with Gasteiger partial charge in [0.05, 0.1) is 25.5 Å². The number of amides is 1. The maximum Gasteiger partial charge on any atom is 0.257 e. The van der Waals surface area contributed by atoms with E-state index in [9.17, 15) is 4.79 Å². The molecule has 0 aromatic carbocycles. The van der Waals surface area contributed by atoms with Gasteiger partial charge in [0.2, 0.25) is 0 Å². The van der Waals surface area contributed by atoms with Crippen molar-refractivity contribution in [1.82, 2.24) is 19.7 Å². The molecule has 1 fully saturated rings. The lowest BCUT2D eigenvalue weighted by molar-refractivity contribution is -0.00346. The van der Waals surface area contributed by atoms with Crippen LogP contribution in [0.1, 0.15) is 10.4 Å². The van der Waals surface area contributed by atoms with Crippen LogP contribution in [0.25, 0.3) is 5.82 Å². The van der Waals surface area contributed by atoms with Crippen LogP contribution >= 0.6 is 0 Å². The maximum absolute atomic E-state index is 12.1. The lowest BCUT2D eigenvalue weighted by Gasteiger charge is -2.26. The number of carbonyl (C=O) groups is 1. The zero-order chi connectivity index (χ0) is 12.5.